The SMILES string of the molecule is CN(C)C1(CCc2ccccc2)CCC(OC(=O)CCCC(=O)c2ccccc2)(C(N)=O)CC1. The molecule has 0 bridgehead atoms. The fraction of sp³-hybridized carbons (Fsp3) is 0.464. The molecule has 3 rings (SSSR count). The lowest BCUT2D eigenvalue weighted by atomic mass is 9.70. The molecule has 1 fully saturated rings. The van der Waals surface area contributed by atoms with Crippen LogP contribution in [0.1, 0.15) is 67.3 Å². The van der Waals surface area contributed by atoms with E-state index in [9.17, 15) is 14.4 Å². The number of hydrogen-bond donors (Lipinski definition) is 1. The number of hydrogen-bond acceptors (Lipinski definition) is 5. The zero-order valence-corrected chi connectivity index (χ0v) is 20.3. The van der Waals surface area contributed by atoms with E-state index >= 15 is 0 Å². The van der Waals surface area contributed by atoms with E-state index in [2.05, 4.69) is 31.1 Å². The molecule has 1 aliphatic rings. The van der Waals surface area contributed by atoms with Gasteiger partial charge >= 0.3 is 5.97 Å². The van der Waals surface area contributed by atoms with Crippen LogP contribution in [0, 0.1) is 0 Å². The van der Waals surface area contributed by atoms with Crippen molar-refractivity contribution in [2.24, 2.45) is 5.73 Å². The minimum Gasteiger partial charge on any atom is -0.449 e. The van der Waals surface area contributed by atoms with E-state index in [4.69, 9.17) is 10.5 Å². The summed E-state index contributed by atoms with van der Waals surface area (Å²) in [5.41, 5.74) is 6.31. The van der Waals surface area contributed by atoms with E-state index in [1.54, 1.807) is 12.1 Å². The van der Waals surface area contributed by atoms with Gasteiger partial charge in [-0.25, -0.2) is 0 Å². The van der Waals surface area contributed by atoms with Crippen molar-refractivity contribution in [2.75, 3.05) is 14.1 Å². The molecule has 1 saturated carbocycles. The van der Waals surface area contributed by atoms with Crippen LogP contribution >= 0.6 is 0 Å². The molecule has 0 heterocycles. The van der Waals surface area contributed by atoms with Gasteiger partial charge in [-0.15, -0.1) is 0 Å². The highest BCUT2D eigenvalue weighted by Crippen LogP contribution is 2.42. The van der Waals surface area contributed by atoms with E-state index < -0.39 is 17.5 Å². The first kappa shape index (κ1) is 25.6. The average molecular weight is 465 g/mol. The van der Waals surface area contributed by atoms with Crippen LogP contribution in [0.15, 0.2) is 60.7 Å². The van der Waals surface area contributed by atoms with Gasteiger partial charge in [0.2, 0.25) is 0 Å². The highest BCUT2D eigenvalue weighted by Gasteiger charge is 2.49. The number of amides is 1. The van der Waals surface area contributed by atoms with Crippen molar-refractivity contribution in [3.63, 3.8) is 0 Å². The van der Waals surface area contributed by atoms with Crippen molar-refractivity contribution >= 4 is 17.7 Å². The topological polar surface area (TPSA) is 89.7 Å². The smallest absolute Gasteiger partial charge is 0.306 e. The van der Waals surface area contributed by atoms with Gasteiger partial charge in [-0.2, -0.15) is 0 Å². The first-order valence-electron chi connectivity index (χ1n) is 12.1. The Labute approximate surface area is 202 Å². The summed E-state index contributed by atoms with van der Waals surface area (Å²) < 4.78 is 5.72. The quantitative estimate of drug-likeness (QED) is 0.395. The van der Waals surface area contributed by atoms with Gasteiger partial charge in [0.15, 0.2) is 11.4 Å². The molecule has 0 spiro atoms. The third-order valence-corrected chi connectivity index (χ3v) is 7.30. The standard InChI is InChI=1S/C28H36N2O4/c1-30(2)27(17-16-22-10-5-3-6-11-22)18-20-28(21-19-27,26(29)33)34-25(32)15-9-14-24(31)23-12-7-4-8-13-23/h3-8,10-13H,9,14-21H2,1-2H3,(H2,29,33). The number of carbonyl (C=O) groups is 3. The van der Waals surface area contributed by atoms with Crippen molar-refractivity contribution in [3.05, 3.63) is 71.8 Å². The Bertz CT molecular complexity index is 964. The summed E-state index contributed by atoms with van der Waals surface area (Å²) in [5.74, 6) is -1.07. The molecule has 6 nitrogen and oxygen atoms in total. The molecule has 0 radical (unpaired) electrons. The molecule has 0 atom stereocenters. The zero-order chi connectivity index (χ0) is 24.6. The van der Waals surface area contributed by atoms with Gasteiger partial charge < -0.3 is 15.4 Å². The molecule has 1 aliphatic carbocycles. The molecule has 182 valence electrons. The molecule has 2 aromatic rings. The van der Waals surface area contributed by atoms with Gasteiger partial charge in [0, 0.05) is 23.9 Å². The minimum absolute atomic E-state index is 0.00939. The van der Waals surface area contributed by atoms with Crippen LogP contribution in [-0.4, -0.2) is 47.8 Å². The molecule has 0 aromatic heterocycles. The first-order valence-corrected chi connectivity index (χ1v) is 12.1. The van der Waals surface area contributed by atoms with Crippen LogP contribution in [0.4, 0.5) is 0 Å². The molecule has 2 N–H and O–H groups in total. The fourth-order valence-electron chi connectivity index (χ4n) is 4.89. The third kappa shape index (κ3) is 6.32. The normalized spacial score (nSPS) is 22.3. The summed E-state index contributed by atoms with van der Waals surface area (Å²) in [5, 5.41) is 0. The number of Topliss-reactive ketones (excluding diaryl/α,β-unsaturated/α-hetero) is 1. The van der Waals surface area contributed by atoms with E-state index in [-0.39, 0.29) is 24.2 Å². The van der Waals surface area contributed by atoms with Crippen molar-refractivity contribution in [2.45, 2.75) is 68.9 Å². The van der Waals surface area contributed by atoms with Crippen LogP contribution in [0.25, 0.3) is 0 Å². The Hall–Kier alpha value is -2.99. The Morgan fingerprint density at radius 2 is 1.47 bits per heavy atom. The van der Waals surface area contributed by atoms with Crippen LogP contribution in [-0.2, 0) is 20.7 Å². The first-order chi connectivity index (χ1) is 16.3. The molecule has 0 unspecified atom stereocenters. The highest BCUT2D eigenvalue weighted by atomic mass is 16.6. The fourth-order valence-corrected chi connectivity index (χ4v) is 4.89. The van der Waals surface area contributed by atoms with E-state index in [0.717, 1.165) is 25.7 Å². The predicted molar refractivity (Wildman–Crippen MR) is 132 cm³/mol. The molecular weight excluding hydrogens is 428 g/mol. The maximum absolute atomic E-state index is 12.6. The van der Waals surface area contributed by atoms with Crippen molar-refractivity contribution < 1.29 is 19.1 Å². The summed E-state index contributed by atoms with van der Waals surface area (Å²) in [6, 6.07) is 19.4. The Morgan fingerprint density at radius 1 is 0.882 bits per heavy atom. The number of ether oxygens (including phenoxy) is 1. The molecule has 0 saturated heterocycles. The number of ketones is 1. The average Bonchev–Trinajstić information content (AvgIpc) is 2.84. The number of rotatable bonds is 11. The highest BCUT2D eigenvalue weighted by molar-refractivity contribution is 5.96. The second-order valence-corrected chi connectivity index (χ2v) is 9.58. The second-order valence-electron chi connectivity index (χ2n) is 9.58. The van der Waals surface area contributed by atoms with E-state index in [1.807, 2.05) is 36.4 Å². The molecule has 0 aliphatic heterocycles. The van der Waals surface area contributed by atoms with Gasteiger partial charge in [0.25, 0.3) is 5.91 Å². The monoisotopic (exact) mass is 464 g/mol. The van der Waals surface area contributed by atoms with Crippen molar-refractivity contribution in [1.29, 1.82) is 0 Å². The number of esters is 1. The van der Waals surface area contributed by atoms with Gasteiger partial charge in [-0.3, -0.25) is 14.4 Å². The molecule has 1 amide bonds. The number of nitrogens with zero attached hydrogens (tertiary/aromatic N) is 1. The third-order valence-electron chi connectivity index (χ3n) is 7.30. The van der Waals surface area contributed by atoms with E-state index in [0.29, 0.717) is 24.8 Å². The summed E-state index contributed by atoms with van der Waals surface area (Å²) in [4.78, 5) is 39.5. The molecule has 2 aromatic carbocycles. The molecular formula is C28H36N2O4. The molecule has 34 heavy (non-hydrogen) atoms. The summed E-state index contributed by atoms with van der Waals surface area (Å²) >= 11 is 0. The van der Waals surface area contributed by atoms with Crippen LogP contribution in [0.2, 0.25) is 0 Å². The summed E-state index contributed by atoms with van der Waals surface area (Å²) in [7, 11) is 4.13. The van der Waals surface area contributed by atoms with Crippen molar-refractivity contribution in [1.82, 2.24) is 4.90 Å². The van der Waals surface area contributed by atoms with E-state index in [1.165, 1.54) is 5.56 Å². The van der Waals surface area contributed by atoms with Crippen LogP contribution in [0.5, 0.6) is 0 Å². The Balaban J connectivity index is 1.55. The minimum atomic E-state index is -1.27. The lowest BCUT2D eigenvalue weighted by molar-refractivity contribution is -0.174. The molecule has 6 heteroatoms. The lowest BCUT2D eigenvalue weighted by Crippen LogP contribution is -2.57. The van der Waals surface area contributed by atoms with Crippen molar-refractivity contribution in [3.8, 4) is 0 Å². The largest absolute Gasteiger partial charge is 0.449 e. The zero-order valence-electron chi connectivity index (χ0n) is 20.3. The van der Waals surface area contributed by atoms with Gasteiger partial charge in [0.05, 0.1) is 0 Å². The number of primary amides is 1. The van der Waals surface area contributed by atoms with Gasteiger partial charge in [-0.05, 0) is 64.6 Å². The summed E-state index contributed by atoms with van der Waals surface area (Å²) in [6.45, 7) is 0. The van der Waals surface area contributed by atoms with Crippen LogP contribution < -0.4 is 5.73 Å². The predicted octanol–water partition coefficient (Wildman–Crippen LogP) is 4.31. The Morgan fingerprint density at radius 3 is 2.03 bits per heavy atom. The number of benzene rings is 2. The number of nitrogens with two attached hydrogens (primary N) is 1. The second kappa shape index (κ2) is 11.4. The number of carbonyl (C=O) groups excluding carboxylic acids is 3. The summed E-state index contributed by atoms with van der Waals surface area (Å²) in [6.07, 6.45) is 4.86. The van der Waals surface area contributed by atoms with Gasteiger partial charge in [0.1, 0.15) is 0 Å². The maximum Gasteiger partial charge on any atom is 0.306 e. The lowest BCUT2D eigenvalue weighted by Gasteiger charge is -2.48. The number of aryl methyl sites for hydroxylation is 1. The van der Waals surface area contributed by atoms with Gasteiger partial charge in [-0.1, -0.05) is 60.7 Å². The van der Waals surface area contributed by atoms with Crippen LogP contribution in [0.3, 0.4) is 0 Å². The Kier molecular flexibility index (Phi) is 8.61. The maximum atomic E-state index is 12.6.